The highest BCUT2D eigenvalue weighted by Crippen LogP contribution is 2.17. The number of carbonyl (C=O) groups excluding carboxylic acids is 2. The summed E-state index contributed by atoms with van der Waals surface area (Å²) in [5, 5.41) is 3.10. The van der Waals surface area contributed by atoms with Crippen LogP contribution >= 0.6 is 0 Å². The topological polar surface area (TPSA) is 49.4 Å². The van der Waals surface area contributed by atoms with Gasteiger partial charge in [0.1, 0.15) is 6.04 Å². The van der Waals surface area contributed by atoms with Crippen LogP contribution in [0.5, 0.6) is 0 Å². The summed E-state index contributed by atoms with van der Waals surface area (Å²) in [6.07, 6.45) is 1.56. The van der Waals surface area contributed by atoms with Crippen molar-refractivity contribution in [2.45, 2.75) is 51.7 Å². The average molecular weight is 429 g/mol. The molecule has 32 heavy (non-hydrogen) atoms. The van der Waals surface area contributed by atoms with E-state index in [4.69, 9.17) is 0 Å². The van der Waals surface area contributed by atoms with Crippen LogP contribution in [-0.4, -0.2) is 28.8 Å². The molecule has 4 nitrogen and oxygen atoms in total. The Morgan fingerprint density at radius 3 is 1.81 bits per heavy atom. The number of nitrogens with one attached hydrogen (secondary N) is 1. The molecule has 0 unspecified atom stereocenters. The lowest BCUT2D eigenvalue weighted by molar-refractivity contribution is -0.141. The van der Waals surface area contributed by atoms with Gasteiger partial charge in [0.05, 0.1) is 6.42 Å². The summed E-state index contributed by atoms with van der Waals surface area (Å²) in [5.74, 6) is -0.166. The zero-order valence-electron chi connectivity index (χ0n) is 18.9. The third-order valence-electron chi connectivity index (χ3n) is 5.67. The van der Waals surface area contributed by atoms with Gasteiger partial charge in [-0.1, -0.05) is 97.9 Å². The summed E-state index contributed by atoms with van der Waals surface area (Å²) in [5.41, 5.74) is 2.97. The van der Waals surface area contributed by atoms with Crippen molar-refractivity contribution in [2.24, 2.45) is 0 Å². The zero-order chi connectivity index (χ0) is 22.8. The fourth-order valence-corrected chi connectivity index (χ4v) is 3.65. The van der Waals surface area contributed by atoms with Gasteiger partial charge in [-0.25, -0.2) is 0 Å². The Kier molecular flexibility index (Phi) is 8.61. The molecule has 0 saturated carbocycles. The largest absolute Gasteiger partial charge is 0.352 e. The van der Waals surface area contributed by atoms with E-state index in [1.54, 1.807) is 4.90 Å². The van der Waals surface area contributed by atoms with Crippen LogP contribution in [0.2, 0.25) is 0 Å². The Hall–Kier alpha value is -3.40. The second-order valence-electron chi connectivity index (χ2n) is 8.19. The second-order valence-corrected chi connectivity index (χ2v) is 8.19. The van der Waals surface area contributed by atoms with Crippen LogP contribution in [0.3, 0.4) is 0 Å². The molecule has 1 N–H and O–H groups in total. The first kappa shape index (κ1) is 23.3. The first-order valence-corrected chi connectivity index (χ1v) is 11.3. The van der Waals surface area contributed by atoms with Gasteiger partial charge in [0.25, 0.3) is 0 Å². The Balaban J connectivity index is 1.93. The van der Waals surface area contributed by atoms with Crippen LogP contribution in [0.4, 0.5) is 0 Å². The van der Waals surface area contributed by atoms with Crippen molar-refractivity contribution in [3.8, 4) is 0 Å². The fraction of sp³-hybridized carbons (Fsp3) is 0.286. The second kappa shape index (κ2) is 11.8. The Bertz CT molecular complexity index is 974. The van der Waals surface area contributed by atoms with E-state index in [-0.39, 0.29) is 24.3 Å². The maximum atomic E-state index is 13.6. The first-order valence-electron chi connectivity index (χ1n) is 11.3. The van der Waals surface area contributed by atoms with Gasteiger partial charge in [-0.3, -0.25) is 9.59 Å². The number of amides is 2. The molecular weight excluding hydrogens is 396 g/mol. The van der Waals surface area contributed by atoms with E-state index in [1.165, 1.54) is 0 Å². The standard InChI is InChI=1S/C28H32N2O2/c1-3-22(2)29-28(32)26(19-23-13-7-4-8-14-23)30(21-25-17-11-6-12-18-25)27(31)20-24-15-9-5-10-16-24/h4-18,22,26H,3,19-21H2,1-2H3,(H,29,32)/t22-,26+/m0/s1. The molecule has 0 radical (unpaired) electrons. The smallest absolute Gasteiger partial charge is 0.243 e. The molecule has 166 valence electrons. The predicted octanol–water partition coefficient (Wildman–Crippen LogP) is 4.78. The maximum absolute atomic E-state index is 13.6. The van der Waals surface area contributed by atoms with Crippen LogP contribution in [0.1, 0.15) is 37.0 Å². The molecule has 2 atom stereocenters. The normalized spacial score (nSPS) is 12.6. The van der Waals surface area contributed by atoms with Crippen molar-refractivity contribution in [3.63, 3.8) is 0 Å². The van der Waals surface area contributed by atoms with Gasteiger partial charge in [0, 0.05) is 19.0 Å². The van der Waals surface area contributed by atoms with Gasteiger partial charge < -0.3 is 10.2 Å². The molecule has 0 spiro atoms. The van der Waals surface area contributed by atoms with Crippen molar-refractivity contribution in [1.29, 1.82) is 0 Å². The first-order chi connectivity index (χ1) is 15.6. The number of carbonyl (C=O) groups is 2. The van der Waals surface area contributed by atoms with E-state index in [0.29, 0.717) is 13.0 Å². The van der Waals surface area contributed by atoms with Gasteiger partial charge in [-0.05, 0) is 30.0 Å². The van der Waals surface area contributed by atoms with E-state index in [2.05, 4.69) is 5.32 Å². The molecular formula is C28H32N2O2. The van der Waals surface area contributed by atoms with E-state index in [1.807, 2.05) is 105 Å². The van der Waals surface area contributed by atoms with Crippen molar-refractivity contribution in [1.82, 2.24) is 10.2 Å². The molecule has 0 heterocycles. The van der Waals surface area contributed by atoms with Gasteiger partial charge in [-0.15, -0.1) is 0 Å². The van der Waals surface area contributed by atoms with Gasteiger partial charge in [-0.2, -0.15) is 0 Å². The third-order valence-corrected chi connectivity index (χ3v) is 5.67. The van der Waals surface area contributed by atoms with Crippen LogP contribution < -0.4 is 5.32 Å². The molecule has 0 bridgehead atoms. The SMILES string of the molecule is CC[C@H](C)NC(=O)[C@@H](Cc1ccccc1)N(Cc1ccccc1)C(=O)Cc1ccccc1. The number of rotatable bonds is 10. The lowest BCUT2D eigenvalue weighted by Gasteiger charge is -2.32. The maximum Gasteiger partial charge on any atom is 0.243 e. The fourth-order valence-electron chi connectivity index (χ4n) is 3.65. The van der Waals surface area contributed by atoms with E-state index in [0.717, 1.165) is 23.1 Å². The van der Waals surface area contributed by atoms with Gasteiger partial charge >= 0.3 is 0 Å². The van der Waals surface area contributed by atoms with Gasteiger partial charge in [0.15, 0.2) is 0 Å². The molecule has 0 aliphatic heterocycles. The lowest BCUT2D eigenvalue weighted by atomic mass is 10.0. The molecule has 0 saturated heterocycles. The summed E-state index contributed by atoms with van der Waals surface area (Å²) < 4.78 is 0. The Morgan fingerprint density at radius 1 is 0.781 bits per heavy atom. The number of nitrogens with zero attached hydrogens (tertiary/aromatic N) is 1. The minimum Gasteiger partial charge on any atom is -0.352 e. The number of hydrogen-bond donors (Lipinski definition) is 1. The zero-order valence-corrected chi connectivity index (χ0v) is 18.9. The molecule has 3 aromatic rings. The number of hydrogen-bond acceptors (Lipinski definition) is 2. The summed E-state index contributed by atoms with van der Waals surface area (Å²) in [7, 11) is 0. The molecule has 3 rings (SSSR count). The monoisotopic (exact) mass is 428 g/mol. The molecule has 4 heteroatoms. The van der Waals surface area contributed by atoms with Crippen molar-refractivity contribution in [3.05, 3.63) is 108 Å². The Labute approximate surface area is 191 Å². The van der Waals surface area contributed by atoms with Crippen LogP contribution in [0.15, 0.2) is 91.0 Å². The molecule has 3 aromatic carbocycles. The summed E-state index contributed by atoms with van der Waals surface area (Å²) >= 11 is 0. The molecule has 0 aliphatic carbocycles. The Morgan fingerprint density at radius 2 is 1.28 bits per heavy atom. The van der Waals surface area contributed by atoms with E-state index in [9.17, 15) is 9.59 Å². The summed E-state index contributed by atoms with van der Waals surface area (Å²) in [6, 6.07) is 28.9. The molecule has 0 aliphatic rings. The average Bonchev–Trinajstić information content (AvgIpc) is 2.83. The van der Waals surface area contributed by atoms with Crippen molar-refractivity contribution >= 4 is 11.8 Å². The van der Waals surface area contributed by atoms with E-state index >= 15 is 0 Å². The van der Waals surface area contributed by atoms with Crippen LogP contribution in [0, 0.1) is 0 Å². The minimum absolute atomic E-state index is 0.0450. The summed E-state index contributed by atoms with van der Waals surface area (Å²) in [4.78, 5) is 28.7. The number of benzene rings is 3. The molecule has 2 amide bonds. The van der Waals surface area contributed by atoms with Crippen LogP contribution in [-0.2, 0) is 29.0 Å². The quantitative estimate of drug-likeness (QED) is 0.505. The molecule has 0 aromatic heterocycles. The van der Waals surface area contributed by atoms with Crippen molar-refractivity contribution < 1.29 is 9.59 Å². The highest BCUT2D eigenvalue weighted by molar-refractivity contribution is 5.89. The van der Waals surface area contributed by atoms with E-state index < -0.39 is 6.04 Å². The van der Waals surface area contributed by atoms with Crippen LogP contribution in [0.25, 0.3) is 0 Å². The predicted molar refractivity (Wildman–Crippen MR) is 129 cm³/mol. The van der Waals surface area contributed by atoms with Gasteiger partial charge in [0.2, 0.25) is 11.8 Å². The lowest BCUT2D eigenvalue weighted by Crippen LogP contribution is -2.52. The molecule has 0 fully saturated rings. The third kappa shape index (κ3) is 6.81. The highest BCUT2D eigenvalue weighted by atomic mass is 16.2. The summed E-state index contributed by atoms with van der Waals surface area (Å²) in [6.45, 7) is 4.42. The minimum atomic E-state index is -0.595. The van der Waals surface area contributed by atoms with Crippen molar-refractivity contribution in [2.75, 3.05) is 0 Å². The highest BCUT2D eigenvalue weighted by Gasteiger charge is 2.30.